The Balaban J connectivity index is 1.77. The van der Waals surface area contributed by atoms with Crippen LogP contribution in [0, 0.1) is 0 Å². The molecular weight excluding hydrogens is 250 g/mol. The van der Waals surface area contributed by atoms with Gasteiger partial charge in [-0.1, -0.05) is 53.6 Å². The molecule has 0 aliphatic heterocycles. The molecule has 20 heavy (non-hydrogen) atoms. The van der Waals surface area contributed by atoms with E-state index in [0.29, 0.717) is 19.0 Å². The molecule has 1 N–H and O–H groups in total. The Kier molecular flexibility index (Phi) is 3.41. The van der Waals surface area contributed by atoms with Gasteiger partial charge in [-0.3, -0.25) is 0 Å². The van der Waals surface area contributed by atoms with Crippen LogP contribution in [0.15, 0.2) is 55.1 Å². The molecule has 100 valence electrons. The first-order chi connectivity index (χ1) is 9.86. The summed E-state index contributed by atoms with van der Waals surface area (Å²) >= 11 is 0. The molecule has 0 radical (unpaired) electrons. The quantitative estimate of drug-likeness (QED) is 0.720. The maximum absolute atomic E-state index is 4.21. The van der Waals surface area contributed by atoms with Crippen molar-refractivity contribution in [1.82, 2.24) is 20.2 Å². The van der Waals surface area contributed by atoms with E-state index in [4.69, 9.17) is 0 Å². The normalized spacial score (nSPS) is 10.6. The molecule has 0 saturated heterocycles. The summed E-state index contributed by atoms with van der Waals surface area (Å²) in [7, 11) is 0. The van der Waals surface area contributed by atoms with Gasteiger partial charge in [-0.25, -0.2) is 0 Å². The van der Waals surface area contributed by atoms with E-state index in [9.17, 15) is 0 Å². The molecule has 1 heterocycles. The summed E-state index contributed by atoms with van der Waals surface area (Å²) in [4.78, 5) is 1.50. The fraction of sp³-hybridized carbons (Fsp3) is 0.133. The van der Waals surface area contributed by atoms with Crippen LogP contribution in [0.5, 0.6) is 0 Å². The zero-order chi connectivity index (χ0) is 13.8. The molecule has 5 nitrogen and oxygen atoms in total. The molecule has 0 aliphatic rings. The van der Waals surface area contributed by atoms with Crippen LogP contribution in [0.3, 0.4) is 0 Å². The summed E-state index contributed by atoms with van der Waals surface area (Å²) in [6.45, 7) is 4.87. The Hall–Kier alpha value is -2.69. The number of rotatable bonds is 5. The van der Waals surface area contributed by atoms with Gasteiger partial charge < -0.3 is 5.32 Å². The van der Waals surface area contributed by atoms with Gasteiger partial charge in [0.2, 0.25) is 0 Å². The van der Waals surface area contributed by atoms with E-state index in [1.165, 1.54) is 21.1 Å². The summed E-state index contributed by atoms with van der Waals surface area (Å²) in [5.41, 5.74) is 1.21. The Bertz CT molecular complexity index is 726. The van der Waals surface area contributed by atoms with E-state index in [0.717, 1.165) is 0 Å². The van der Waals surface area contributed by atoms with Crippen LogP contribution in [-0.4, -0.2) is 20.2 Å². The number of anilines is 1. The van der Waals surface area contributed by atoms with Crippen molar-refractivity contribution < 1.29 is 0 Å². The molecule has 0 atom stereocenters. The van der Waals surface area contributed by atoms with Gasteiger partial charge >= 0.3 is 0 Å². The highest BCUT2D eigenvalue weighted by atomic mass is 15.6. The van der Waals surface area contributed by atoms with E-state index in [1.807, 2.05) is 12.1 Å². The van der Waals surface area contributed by atoms with Crippen molar-refractivity contribution in [3.63, 3.8) is 0 Å². The first kappa shape index (κ1) is 12.3. The van der Waals surface area contributed by atoms with Crippen molar-refractivity contribution in [3.8, 4) is 0 Å². The van der Waals surface area contributed by atoms with Gasteiger partial charge in [-0.2, -0.15) is 4.80 Å². The molecule has 3 aromatic rings. The van der Waals surface area contributed by atoms with Crippen LogP contribution >= 0.6 is 0 Å². The van der Waals surface area contributed by atoms with Crippen molar-refractivity contribution in [2.45, 2.75) is 13.1 Å². The second kappa shape index (κ2) is 5.52. The summed E-state index contributed by atoms with van der Waals surface area (Å²) in [5.74, 6) is 0.528. The van der Waals surface area contributed by atoms with Gasteiger partial charge in [-0.15, -0.1) is 11.7 Å². The predicted molar refractivity (Wildman–Crippen MR) is 79.3 cm³/mol. The average Bonchev–Trinajstić information content (AvgIpc) is 2.93. The van der Waals surface area contributed by atoms with Crippen LogP contribution < -0.4 is 5.32 Å². The molecule has 0 saturated carbocycles. The molecule has 0 spiro atoms. The van der Waals surface area contributed by atoms with Gasteiger partial charge in [0.25, 0.3) is 5.95 Å². The Morgan fingerprint density at radius 3 is 2.90 bits per heavy atom. The summed E-state index contributed by atoms with van der Waals surface area (Å²) < 4.78 is 0. The predicted octanol–water partition coefficient (Wildman–Crippen LogP) is 2.62. The molecule has 2 aromatic carbocycles. The standard InChI is InChI=1S/C15H15N5/c1-2-10-20-18-15(17-19-20)16-11-13-8-5-7-12-6-3-4-9-14(12)13/h2-9H,1,10-11H2,(H,16,18). The highest BCUT2D eigenvalue weighted by Gasteiger charge is 2.03. The monoisotopic (exact) mass is 265 g/mol. The lowest BCUT2D eigenvalue weighted by molar-refractivity contribution is 0.583. The lowest BCUT2D eigenvalue weighted by Crippen LogP contribution is -2.03. The maximum Gasteiger partial charge on any atom is 0.263 e. The molecule has 0 bridgehead atoms. The van der Waals surface area contributed by atoms with Crippen LogP contribution in [0.2, 0.25) is 0 Å². The zero-order valence-corrected chi connectivity index (χ0v) is 11.0. The molecule has 0 unspecified atom stereocenters. The van der Waals surface area contributed by atoms with Crippen LogP contribution in [0.1, 0.15) is 5.56 Å². The minimum absolute atomic E-state index is 0.528. The fourth-order valence-corrected chi connectivity index (χ4v) is 2.13. The zero-order valence-electron chi connectivity index (χ0n) is 11.0. The van der Waals surface area contributed by atoms with Crippen molar-refractivity contribution in [2.24, 2.45) is 0 Å². The van der Waals surface area contributed by atoms with E-state index in [1.54, 1.807) is 6.08 Å². The number of nitrogens with zero attached hydrogens (tertiary/aromatic N) is 4. The smallest absolute Gasteiger partial charge is 0.263 e. The van der Waals surface area contributed by atoms with Crippen LogP contribution in [-0.2, 0) is 13.1 Å². The topological polar surface area (TPSA) is 55.6 Å². The van der Waals surface area contributed by atoms with Gasteiger partial charge in [0.1, 0.15) is 0 Å². The second-order valence-electron chi connectivity index (χ2n) is 4.45. The molecule has 1 aromatic heterocycles. The van der Waals surface area contributed by atoms with Crippen molar-refractivity contribution in [1.29, 1.82) is 0 Å². The lowest BCUT2D eigenvalue weighted by Gasteiger charge is -2.06. The van der Waals surface area contributed by atoms with Crippen molar-refractivity contribution in [2.75, 3.05) is 5.32 Å². The number of nitrogens with one attached hydrogen (secondary N) is 1. The number of hydrogen-bond donors (Lipinski definition) is 1. The number of allylic oxidation sites excluding steroid dienone is 1. The molecule has 0 fully saturated rings. The Morgan fingerprint density at radius 2 is 2.00 bits per heavy atom. The summed E-state index contributed by atoms with van der Waals surface area (Å²) in [6, 6.07) is 14.6. The largest absolute Gasteiger partial charge is 0.347 e. The lowest BCUT2D eigenvalue weighted by atomic mass is 10.0. The fourth-order valence-electron chi connectivity index (χ4n) is 2.13. The Labute approximate surface area is 116 Å². The number of benzene rings is 2. The highest BCUT2D eigenvalue weighted by Crippen LogP contribution is 2.18. The minimum Gasteiger partial charge on any atom is -0.347 e. The number of tetrazole rings is 1. The SMILES string of the molecule is C=CCn1nnc(NCc2cccc3ccccc23)n1. The number of aromatic nitrogens is 4. The molecule has 5 heteroatoms. The molecule has 0 aliphatic carbocycles. The van der Waals surface area contributed by atoms with Crippen molar-refractivity contribution >= 4 is 16.7 Å². The van der Waals surface area contributed by atoms with Crippen LogP contribution in [0.25, 0.3) is 10.8 Å². The van der Waals surface area contributed by atoms with Crippen LogP contribution in [0.4, 0.5) is 5.95 Å². The van der Waals surface area contributed by atoms with E-state index in [2.05, 4.69) is 57.6 Å². The van der Waals surface area contributed by atoms with Gasteiger partial charge in [0.05, 0.1) is 6.54 Å². The van der Waals surface area contributed by atoms with Crippen molar-refractivity contribution in [3.05, 3.63) is 60.7 Å². The molecule has 0 amide bonds. The number of hydrogen-bond acceptors (Lipinski definition) is 4. The first-order valence-electron chi connectivity index (χ1n) is 6.46. The third kappa shape index (κ3) is 2.51. The average molecular weight is 265 g/mol. The second-order valence-corrected chi connectivity index (χ2v) is 4.45. The maximum atomic E-state index is 4.21. The molecule has 3 rings (SSSR count). The van der Waals surface area contributed by atoms with Gasteiger partial charge in [0, 0.05) is 6.54 Å². The van der Waals surface area contributed by atoms with E-state index < -0.39 is 0 Å². The van der Waals surface area contributed by atoms with E-state index >= 15 is 0 Å². The summed E-state index contributed by atoms with van der Waals surface area (Å²) in [6.07, 6.45) is 1.73. The Morgan fingerprint density at radius 1 is 1.15 bits per heavy atom. The summed E-state index contributed by atoms with van der Waals surface area (Å²) in [5, 5.41) is 17.7. The minimum atomic E-state index is 0.528. The number of fused-ring (bicyclic) bond motifs is 1. The van der Waals surface area contributed by atoms with Gasteiger partial charge in [0.15, 0.2) is 0 Å². The van der Waals surface area contributed by atoms with Gasteiger partial charge in [-0.05, 0) is 21.5 Å². The third-order valence-electron chi connectivity index (χ3n) is 3.06. The first-order valence-corrected chi connectivity index (χ1v) is 6.46. The van der Waals surface area contributed by atoms with E-state index in [-0.39, 0.29) is 0 Å². The highest BCUT2D eigenvalue weighted by molar-refractivity contribution is 5.85. The molecular formula is C15H15N5. The third-order valence-corrected chi connectivity index (χ3v) is 3.06.